The van der Waals surface area contributed by atoms with E-state index in [1.807, 2.05) is 0 Å². The molecular weight excluding hydrogens is 222 g/mol. The number of nitrogens with two attached hydrogens (primary N) is 1. The molecular formula is C11H11N3O3. The summed E-state index contributed by atoms with van der Waals surface area (Å²) in [5.74, 6) is -1.19. The number of anilines is 1. The van der Waals surface area contributed by atoms with Crippen LogP contribution in [-0.2, 0) is 9.59 Å². The Kier molecular flexibility index (Phi) is 2.86. The number of aromatic nitrogens is 1. The van der Waals surface area contributed by atoms with Crippen LogP contribution in [-0.4, -0.2) is 29.6 Å². The number of aldehydes is 1. The minimum Gasteiger partial charge on any atom is -0.369 e. The van der Waals surface area contributed by atoms with E-state index in [9.17, 15) is 14.4 Å². The molecule has 1 aromatic rings. The van der Waals surface area contributed by atoms with Gasteiger partial charge in [-0.15, -0.1) is 0 Å². The highest BCUT2D eigenvalue weighted by atomic mass is 16.2. The lowest BCUT2D eigenvalue weighted by Crippen LogP contribution is -2.29. The molecule has 1 fully saturated rings. The van der Waals surface area contributed by atoms with Gasteiger partial charge in [-0.25, -0.2) is 0 Å². The predicted octanol–water partition coefficient (Wildman–Crippen LogP) is -0.268. The minimum absolute atomic E-state index is 0.0932. The first-order valence-electron chi connectivity index (χ1n) is 5.12. The van der Waals surface area contributed by atoms with Gasteiger partial charge in [0.1, 0.15) is 0 Å². The molecule has 6 heteroatoms. The highest BCUT2D eigenvalue weighted by molar-refractivity contribution is 6.02. The van der Waals surface area contributed by atoms with Crippen molar-refractivity contribution >= 4 is 23.8 Å². The Bertz CT molecular complexity index is 487. The van der Waals surface area contributed by atoms with Crippen LogP contribution in [0.5, 0.6) is 0 Å². The summed E-state index contributed by atoms with van der Waals surface area (Å²) in [7, 11) is 0. The third-order valence-corrected chi connectivity index (χ3v) is 2.77. The summed E-state index contributed by atoms with van der Waals surface area (Å²) in [6.07, 6.45) is 3.60. The van der Waals surface area contributed by atoms with E-state index in [0.29, 0.717) is 17.5 Å². The van der Waals surface area contributed by atoms with Gasteiger partial charge in [0.25, 0.3) is 0 Å². The fourth-order valence-electron chi connectivity index (χ4n) is 1.87. The molecule has 17 heavy (non-hydrogen) atoms. The van der Waals surface area contributed by atoms with Gasteiger partial charge in [0.2, 0.25) is 11.8 Å². The topological polar surface area (TPSA) is 93.4 Å². The maximum Gasteiger partial charge on any atom is 0.227 e. The van der Waals surface area contributed by atoms with Crippen molar-refractivity contribution in [2.24, 2.45) is 11.7 Å². The molecule has 1 saturated heterocycles. The average Bonchev–Trinajstić information content (AvgIpc) is 2.71. The minimum atomic E-state index is -0.498. The van der Waals surface area contributed by atoms with Crippen molar-refractivity contribution in [3.8, 4) is 0 Å². The Morgan fingerprint density at radius 1 is 1.59 bits per heavy atom. The molecule has 2 N–H and O–H groups in total. The number of primary amides is 1. The molecule has 1 aliphatic heterocycles. The number of pyridine rings is 1. The Morgan fingerprint density at radius 2 is 2.35 bits per heavy atom. The highest BCUT2D eigenvalue weighted by Gasteiger charge is 2.34. The lowest BCUT2D eigenvalue weighted by atomic mass is 10.1. The summed E-state index contributed by atoms with van der Waals surface area (Å²) < 4.78 is 0. The van der Waals surface area contributed by atoms with Gasteiger partial charge >= 0.3 is 0 Å². The van der Waals surface area contributed by atoms with Gasteiger partial charge in [-0.1, -0.05) is 0 Å². The zero-order valence-electron chi connectivity index (χ0n) is 9.00. The van der Waals surface area contributed by atoms with Gasteiger partial charge in [0.05, 0.1) is 17.2 Å². The summed E-state index contributed by atoms with van der Waals surface area (Å²) in [4.78, 5) is 38.8. The molecule has 0 saturated carbocycles. The monoisotopic (exact) mass is 233 g/mol. The molecule has 1 aromatic heterocycles. The van der Waals surface area contributed by atoms with E-state index in [0.717, 1.165) is 0 Å². The molecule has 6 nitrogen and oxygen atoms in total. The number of hydrogen-bond donors (Lipinski definition) is 1. The SMILES string of the molecule is NC(=O)C1CC(=O)N(c2ccncc2C=O)C1. The van der Waals surface area contributed by atoms with Crippen LogP contribution in [0.15, 0.2) is 18.5 Å². The third kappa shape index (κ3) is 2.01. The molecule has 0 radical (unpaired) electrons. The van der Waals surface area contributed by atoms with Gasteiger partial charge in [-0.05, 0) is 6.07 Å². The van der Waals surface area contributed by atoms with Crippen molar-refractivity contribution in [1.82, 2.24) is 4.98 Å². The van der Waals surface area contributed by atoms with Gasteiger partial charge in [0, 0.05) is 25.4 Å². The van der Waals surface area contributed by atoms with E-state index >= 15 is 0 Å². The van der Waals surface area contributed by atoms with E-state index in [-0.39, 0.29) is 18.9 Å². The van der Waals surface area contributed by atoms with Crippen LogP contribution >= 0.6 is 0 Å². The van der Waals surface area contributed by atoms with Crippen LogP contribution in [0.1, 0.15) is 16.8 Å². The lowest BCUT2D eigenvalue weighted by molar-refractivity contribution is -0.123. The van der Waals surface area contributed by atoms with Crippen molar-refractivity contribution in [2.45, 2.75) is 6.42 Å². The van der Waals surface area contributed by atoms with Gasteiger partial charge in [-0.3, -0.25) is 19.4 Å². The molecule has 2 amide bonds. The van der Waals surface area contributed by atoms with Crippen LogP contribution < -0.4 is 10.6 Å². The zero-order chi connectivity index (χ0) is 12.4. The van der Waals surface area contributed by atoms with E-state index < -0.39 is 11.8 Å². The van der Waals surface area contributed by atoms with Crippen molar-refractivity contribution in [1.29, 1.82) is 0 Å². The first-order valence-corrected chi connectivity index (χ1v) is 5.12. The predicted molar refractivity (Wildman–Crippen MR) is 59.3 cm³/mol. The van der Waals surface area contributed by atoms with Crippen molar-refractivity contribution in [3.63, 3.8) is 0 Å². The zero-order valence-corrected chi connectivity index (χ0v) is 9.00. The number of carbonyl (C=O) groups excluding carboxylic acids is 3. The Labute approximate surface area is 97.4 Å². The van der Waals surface area contributed by atoms with E-state index in [1.54, 1.807) is 6.07 Å². The summed E-state index contributed by atoms with van der Waals surface area (Å²) in [6, 6.07) is 1.57. The molecule has 0 bridgehead atoms. The Hall–Kier alpha value is -2.24. The van der Waals surface area contributed by atoms with Crippen LogP contribution in [0.25, 0.3) is 0 Å². The number of hydrogen-bond acceptors (Lipinski definition) is 4. The summed E-state index contributed by atoms with van der Waals surface area (Å²) in [5, 5.41) is 0. The molecule has 0 spiro atoms. The van der Waals surface area contributed by atoms with Crippen LogP contribution in [0.2, 0.25) is 0 Å². The number of amides is 2. The molecule has 1 atom stereocenters. The fourth-order valence-corrected chi connectivity index (χ4v) is 1.87. The smallest absolute Gasteiger partial charge is 0.227 e. The average molecular weight is 233 g/mol. The van der Waals surface area contributed by atoms with E-state index in [2.05, 4.69) is 4.98 Å². The summed E-state index contributed by atoms with van der Waals surface area (Å²) in [5.41, 5.74) is 5.97. The fraction of sp³-hybridized carbons (Fsp3) is 0.273. The van der Waals surface area contributed by atoms with Crippen molar-refractivity contribution in [2.75, 3.05) is 11.4 Å². The first kappa shape index (κ1) is 11.3. The maximum absolute atomic E-state index is 11.7. The molecule has 0 aromatic carbocycles. The normalized spacial score (nSPS) is 19.4. The van der Waals surface area contributed by atoms with E-state index in [1.165, 1.54) is 17.3 Å². The van der Waals surface area contributed by atoms with Gasteiger partial charge < -0.3 is 10.6 Å². The molecule has 0 aliphatic carbocycles. The molecule has 2 heterocycles. The Morgan fingerprint density at radius 3 is 2.94 bits per heavy atom. The first-order chi connectivity index (χ1) is 8.13. The van der Waals surface area contributed by atoms with E-state index in [4.69, 9.17) is 5.73 Å². The quantitative estimate of drug-likeness (QED) is 0.727. The second kappa shape index (κ2) is 4.32. The van der Waals surface area contributed by atoms with Crippen molar-refractivity contribution < 1.29 is 14.4 Å². The van der Waals surface area contributed by atoms with Crippen LogP contribution in [0.4, 0.5) is 5.69 Å². The second-order valence-electron chi connectivity index (χ2n) is 3.86. The maximum atomic E-state index is 11.7. The molecule has 88 valence electrons. The number of nitrogens with zero attached hydrogens (tertiary/aromatic N) is 2. The Balaban J connectivity index is 2.32. The third-order valence-electron chi connectivity index (χ3n) is 2.77. The summed E-state index contributed by atoms with van der Waals surface area (Å²) in [6.45, 7) is 0.221. The molecule has 1 unspecified atom stereocenters. The highest BCUT2D eigenvalue weighted by Crippen LogP contribution is 2.26. The standard InChI is InChI=1S/C11H11N3O3/c12-11(17)7-3-10(16)14(5-7)9-1-2-13-4-8(9)6-15/h1-2,4,6-7H,3,5H2,(H2,12,17). The lowest BCUT2D eigenvalue weighted by Gasteiger charge is -2.17. The summed E-state index contributed by atoms with van der Waals surface area (Å²) >= 11 is 0. The molecule has 1 aliphatic rings. The second-order valence-corrected chi connectivity index (χ2v) is 3.86. The van der Waals surface area contributed by atoms with Gasteiger partial charge in [0.15, 0.2) is 6.29 Å². The number of rotatable bonds is 3. The van der Waals surface area contributed by atoms with Gasteiger partial charge in [-0.2, -0.15) is 0 Å². The van der Waals surface area contributed by atoms with Crippen molar-refractivity contribution in [3.05, 3.63) is 24.0 Å². The largest absolute Gasteiger partial charge is 0.369 e. The molecule has 2 rings (SSSR count). The number of carbonyl (C=O) groups is 3. The van der Waals surface area contributed by atoms with Crippen LogP contribution in [0.3, 0.4) is 0 Å². The van der Waals surface area contributed by atoms with Crippen LogP contribution in [0, 0.1) is 5.92 Å².